The van der Waals surface area contributed by atoms with Crippen molar-refractivity contribution in [3.63, 3.8) is 0 Å². The number of anilines is 1. The molecule has 6 heteroatoms. The van der Waals surface area contributed by atoms with Crippen LogP contribution < -0.4 is 15.0 Å². The number of aromatic nitrogens is 1. The van der Waals surface area contributed by atoms with Gasteiger partial charge >= 0.3 is 0 Å². The van der Waals surface area contributed by atoms with E-state index in [-0.39, 0.29) is 12.3 Å². The third-order valence-electron chi connectivity index (χ3n) is 4.01. The van der Waals surface area contributed by atoms with E-state index in [4.69, 9.17) is 9.15 Å². The fraction of sp³-hybridized carbons (Fsp3) is 0.238. The molecule has 0 radical (unpaired) electrons. The summed E-state index contributed by atoms with van der Waals surface area (Å²) in [7, 11) is 4.13. The zero-order chi connectivity index (χ0) is 19.1. The van der Waals surface area contributed by atoms with Crippen molar-refractivity contribution in [3.8, 4) is 22.9 Å². The molecular formula is C21H23N4O2+. The first-order chi connectivity index (χ1) is 13.2. The standard InChI is InChI=1S/C21H22N4O2/c1-25(2)13-12-23-21-19(14-22)24-20(27-21)15-26-18-10-8-17(9-11-18)16-6-4-3-5-7-16/h3-11,23H,12-13,15H2,1-2H3/p+1. The molecule has 0 unspecified atom stereocenters. The summed E-state index contributed by atoms with van der Waals surface area (Å²) in [4.78, 5) is 5.49. The molecule has 1 heterocycles. The van der Waals surface area contributed by atoms with Gasteiger partial charge in [0.2, 0.25) is 17.5 Å². The predicted octanol–water partition coefficient (Wildman–Crippen LogP) is 2.35. The lowest BCUT2D eigenvalue weighted by Crippen LogP contribution is -3.06. The average Bonchev–Trinajstić information content (AvgIpc) is 3.09. The largest absolute Gasteiger partial charge is 0.484 e. The molecule has 0 aliphatic carbocycles. The van der Waals surface area contributed by atoms with Gasteiger partial charge in [0.05, 0.1) is 27.2 Å². The van der Waals surface area contributed by atoms with Crippen molar-refractivity contribution in [1.29, 1.82) is 5.26 Å². The molecular weight excluding hydrogens is 340 g/mol. The number of nitriles is 1. The van der Waals surface area contributed by atoms with Crippen LogP contribution in [0.4, 0.5) is 5.88 Å². The summed E-state index contributed by atoms with van der Waals surface area (Å²) in [5.41, 5.74) is 2.54. The molecule has 1 aromatic heterocycles. The van der Waals surface area contributed by atoms with E-state index in [9.17, 15) is 5.26 Å². The molecule has 0 saturated carbocycles. The molecule has 0 bridgehead atoms. The Morgan fingerprint density at radius 3 is 2.44 bits per heavy atom. The van der Waals surface area contributed by atoms with E-state index >= 15 is 0 Å². The number of oxazole rings is 1. The van der Waals surface area contributed by atoms with E-state index in [0.29, 0.717) is 18.3 Å². The number of ether oxygens (including phenoxy) is 1. The van der Waals surface area contributed by atoms with Crippen LogP contribution in [-0.2, 0) is 6.61 Å². The maximum Gasteiger partial charge on any atom is 0.236 e. The summed E-state index contributed by atoms with van der Waals surface area (Å²) in [6.07, 6.45) is 0. The molecule has 138 valence electrons. The number of nitrogens with zero attached hydrogens (tertiary/aromatic N) is 2. The highest BCUT2D eigenvalue weighted by atomic mass is 16.5. The molecule has 0 saturated heterocycles. The Balaban J connectivity index is 1.60. The first-order valence-electron chi connectivity index (χ1n) is 8.86. The highest BCUT2D eigenvalue weighted by Crippen LogP contribution is 2.23. The molecule has 0 spiro atoms. The van der Waals surface area contributed by atoms with Gasteiger partial charge in [-0.15, -0.1) is 0 Å². The molecule has 0 fully saturated rings. The van der Waals surface area contributed by atoms with Crippen LogP contribution in [0.1, 0.15) is 11.6 Å². The zero-order valence-electron chi connectivity index (χ0n) is 15.5. The molecule has 2 aromatic carbocycles. The zero-order valence-corrected chi connectivity index (χ0v) is 15.5. The van der Waals surface area contributed by atoms with Crippen molar-refractivity contribution in [3.05, 3.63) is 66.2 Å². The predicted molar refractivity (Wildman–Crippen MR) is 104 cm³/mol. The van der Waals surface area contributed by atoms with E-state index in [0.717, 1.165) is 23.4 Å². The van der Waals surface area contributed by atoms with Crippen LogP contribution in [0.25, 0.3) is 11.1 Å². The minimum absolute atomic E-state index is 0.167. The Hall–Kier alpha value is -3.30. The molecule has 6 nitrogen and oxygen atoms in total. The number of hydrogen-bond donors (Lipinski definition) is 2. The van der Waals surface area contributed by atoms with Crippen LogP contribution in [-0.4, -0.2) is 32.2 Å². The smallest absolute Gasteiger partial charge is 0.236 e. The second kappa shape index (κ2) is 8.88. The summed E-state index contributed by atoms with van der Waals surface area (Å²) in [5, 5.41) is 12.3. The van der Waals surface area contributed by atoms with Gasteiger partial charge in [-0.1, -0.05) is 42.5 Å². The number of likely N-dealkylation sites (N-methyl/N-ethyl adjacent to an activating group) is 1. The second-order valence-corrected chi connectivity index (χ2v) is 6.46. The van der Waals surface area contributed by atoms with Crippen molar-refractivity contribution in [2.45, 2.75) is 6.61 Å². The Labute approximate surface area is 159 Å². The van der Waals surface area contributed by atoms with E-state index in [2.05, 4.69) is 36.5 Å². The van der Waals surface area contributed by atoms with Crippen molar-refractivity contribution < 1.29 is 14.1 Å². The lowest BCUT2D eigenvalue weighted by Gasteiger charge is -2.07. The van der Waals surface area contributed by atoms with E-state index < -0.39 is 0 Å². The lowest BCUT2D eigenvalue weighted by atomic mass is 10.1. The topological polar surface area (TPSA) is 75.5 Å². The lowest BCUT2D eigenvalue weighted by molar-refractivity contribution is -0.856. The molecule has 3 aromatic rings. The van der Waals surface area contributed by atoms with Crippen molar-refractivity contribution >= 4 is 5.88 Å². The van der Waals surface area contributed by atoms with E-state index in [1.165, 1.54) is 4.90 Å². The van der Waals surface area contributed by atoms with Gasteiger partial charge in [-0.2, -0.15) is 10.2 Å². The van der Waals surface area contributed by atoms with Crippen LogP contribution in [0.5, 0.6) is 5.75 Å². The first-order valence-corrected chi connectivity index (χ1v) is 8.86. The summed E-state index contributed by atoms with van der Waals surface area (Å²) in [5.74, 6) is 1.49. The number of benzene rings is 2. The van der Waals surface area contributed by atoms with Gasteiger partial charge < -0.3 is 19.4 Å². The highest BCUT2D eigenvalue weighted by molar-refractivity contribution is 5.63. The van der Waals surface area contributed by atoms with Crippen molar-refractivity contribution in [2.75, 3.05) is 32.5 Å². The van der Waals surface area contributed by atoms with Gasteiger partial charge in [-0.05, 0) is 23.3 Å². The molecule has 0 aliphatic rings. The molecule has 0 atom stereocenters. The van der Waals surface area contributed by atoms with Crippen LogP contribution in [0.3, 0.4) is 0 Å². The van der Waals surface area contributed by atoms with Gasteiger partial charge in [0.15, 0.2) is 6.61 Å². The Morgan fingerprint density at radius 2 is 1.78 bits per heavy atom. The van der Waals surface area contributed by atoms with E-state index in [1.807, 2.05) is 48.5 Å². The fourth-order valence-electron chi connectivity index (χ4n) is 2.57. The molecule has 0 amide bonds. The maximum atomic E-state index is 9.21. The summed E-state index contributed by atoms with van der Waals surface area (Å²) < 4.78 is 11.4. The molecule has 27 heavy (non-hydrogen) atoms. The van der Waals surface area contributed by atoms with Gasteiger partial charge in [-0.25, -0.2) is 0 Å². The van der Waals surface area contributed by atoms with Gasteiger partial charge in [0.1, 0.15) is 11.8 Å². The Bertz CT molecular complexity index is 896. The summed E-state index contributed by atoms with van der Waals surface area (Å²) in [6.45, 7) is 1.78. The Morgan fingerprint density at radius 1 is 1.07 bits per heavy atom. The number of nitrogens with one attached hydrogen (secondary N) is 2. The second-order valence-electron chi connectivity index (χ2n) is 6.46. The van der Waals surface area contributed by atoms with E-state index in [1.54, 1.807) is 0 Å². The van der Waals surface area contributed by atoms with Gasteiger partial charge in [0, 0.05) is 0 Å². The van der Waals surface area contributed by atoms with Crippen molar-refractivity contribution in [2.24, 2.45) is 0 Å². The number of rotatable bonds is 8. The minimum atomic E-state index is 0.167. The number of hydrogen-bond acceptors (Lipinski definition) is 5. The quantitative estimate of drug-likeness (QED) is 0.643. The molecule has 0 aliphatic heterocycles. The number of quaternary nitrogens is 1. The van der Waals surface area contributed by atoms with Crippen LogP contribution in [0, 0.1) is 11.3 Å². The van der Waals surface area contributed by atoms with Crippen LogP contribution >= 0.6 is 0 Å². The van der Waals surface area contributed by atoms with Gasteiger partial charge in [-0.3, -0.25) is 0 Å². The fourth-order valence-corrected chi connectivity index (χ4v) is 2.57. The first kappa shape index (κ1) is 18.5. The maximum absolute atomic E-state index is 9.21. The van der Waals surface area contributed by atoms with Crippen LogP contribution in [0.2, 0.25) is 0 Å². The molecule has 2 N–H and O–H groups in total. The normalized spacial score (nSPS) is 10.6. The van der Waals surface area contributed by atoms with Crippen LogP contribution in [0.15, 0.2) is 59.0 Å². The highest BCUT2D eigenvalue weighted by Gasteiger charge is 2.13. The average molecular weight is 363 g/mol. The summed E-state index contributed by atoms with van der Waals surface area (Å²) in [6, 6.07) is 20.1. The molecule has 3 rings (SSSR count). The third kappa shape index (κ3) is 5.09. The van der Waals surface area contributed by atoms with Gasteiger partial charge in [0.25, 0.3) is 0 Å². The van der Waals surface area contributed by atoms with Crippen molar-refractivity contribution in [1.82, 2.24) is 4.98 Å². The monoisotopic (exact) mass is 363 g/mol. The summed E-state index contributed by atoms with van der Waals surface area (Å²) >= 11 is 0. The minimum Gasteiger partial charge on any atom is -0.484 e. The SMILES string of the molecule is C[NH+](C)CCNc1oc(COc2ccc(-c3ccccc3)cc2)nc1C#N. The third-order valence-corrected chi connectivity index (χ3v) is 4.01. The Kier molecular flexibility index (Phi) is 6.08.